The van der Waals surface area contributed by atoms with E-state index in [1.807, 2.05) is 0 Å². The standard InChI is InChI=1S/C49H86O2/c1-8-10-11-12-13-14-15-16-17-18-19-20-21-22-23-24-25-26-47(50)51-42-33-35-48(6)41(37-42)29-30-43-45-32-31-44(49(45,7)36-34-46(43)48)39(5)27-28-40(9-2)38(3)4/h27-29,38-40,42-46H,8-26,30-37H2,1-7H3/b28-27+/t39-,40-,42+,43+,44-,45-,46+,48+,49-/m1/s1. The molecule has 3 saturated carbocycles. The molecule has 0 aliphatic heterocycles. The zero-order valence-electron chi connectivity index (χ0n) is 35.3. The van der Waals surface area contributed by atoms with Crippen molar-refractivity contribution in [3.8, 4) is 0 Å². The first-order chi connectivity index (χ1) is 24.6. The number of rotatable bonds is 24. The summed E-state index contributed by atoms with van der Waals surface area (Å²) < 4.78 is 6.15. The topological polar surface area (TPSA) is 26.3 Å². The van der Waals surface area contributed by atoms with Gasteiger partial charge < -0.3 is 4.74 Å². The van der Waals surface area contributed by atoms with Crippen LogP contribution < -0.4 is 0 Å². The molecule has 2 heteroatoms. The molecule has 0 aromatic rings. The van der Waals surface area contributed by atoms with Gasteiger partial charge in [-0.05, 0) is 110 Å². The van der Waals surface area contributed by atoms with Crippen molar-refractivity contribution in [2.24, 2.45) is 52.3 Å². The summed E-state index contributed by atoms with van der Waals surface area (Å²) in [6, 6.07) is 0. The van der Waals surface area contributed by atoms with E-state index in [1.165, 1.54) is 148 Å². The predicted molar refractivity (Wildman–Crippen MR) is 221 cm³/mol. The number of hydrogen-bond donors (Lipinski definition) is 0. The molecule has 2 nitrogen and oxygen atoms in total. The number of ether oxygens (including phenoxy) is 1. The lowest BCUT2D eigenvalue weighted by Gasteiger charge is -2.58. The molecule has 51 heavy (non-hydrogen) atoms. The molecule has 0 spiro atoms. The maximum Gasteiger partial charge on any atom is 0.306 e. The zero-order valence-corrected chi connectivity index (χ0v) is 35.3. The van der Waals surface area contributed by atoms with Crippen LogP contribution in [0.25, 0.3) is 0 Å². The van der Waals surface area contributed by atoms with E-state index in [0.29, 0.717) is 29.1 Å². The molecule has 0 aromatic heterocycles. The molecule has 0 unspecified atom stereocenters. The second-order valence-electron chi connectivity index (χ2n) is 19.3. The van der Waals surface area contributed by atoms with Gasteiger partial charge in [0.15, 0.2) is 0 Å². The van der Waals surface area contributed by atoms with Crippen LogP contribution in [0.5, 0.6) is 0 Å². The Kier molecular flexibility index (Phi) is 18.2. The Morgan fingerprint density at radius 2 is 1.33 bits per heavy atom. The van der Waals surface area contributed by atoms with Crippen molar-refractivity contribution >= 4 is 5.97 Å². The first-order valence-corrected chi connectivity index (χ1v) is 23.2. The van der Waals surface area contributed by atoms with Gasteiger partial charge in [-0.2, -0.15) is 0 Å². The van der Waals surface area contributed by atoms with Gasteiger partial charge in [-0.3, -0.25) is 4.79 Å². The van der Waals surface area contributed by atoms with Crippen LogP contribution in [0.2, 0.25) is 0 Å². The molecule has 0 radical (unpaired) electrons. The Hall–Kier alpha value is -1.05. The summed E-state index contributed by atoms with van der Waals surface area (Å²) in [5, 5.41) is 0. The molecule has 0 amide bonds. The number of esters is 1. The quantitative estimate of drug-likeness (QED) is 0.0567. The smallest absolute Gasteiger partial charge is 0.306 e. The molecule has 3 fully saturated rings. The molecular weight excluding hydrogens is 621 g/mol. The lowest BCUT2D eigenvalue weighted by Crippen LogP contribution is -2.51. The van der Waals surface area contributed by atoms with Gasteiger partial charge in [0.25, 0.3) is 0 Å². The lowest BCUT2D eigenvalue weighted by molar-refractivity contribution is -0.151. The molecule has 0 aromatic carbocycles. The van der Waals surface area contributed by atoms with Gasteiger partial charge in [-0.25, -0.2) is 0 Å². The summed E-state index contributed by atoms with van der Waals surface area (Å²) in [5.74, 6) is 5.56. The summed E-state index contributed by atoms with van der Waals surface area (Å²) >= 11 is 0. The molecule has 4 aliphatic carbocycles. The van der Waals surface area contributed by atoms with Gasteiger partial charge in [0, 0.05) is 12.8 Å². The van der Waals surface area contributed by atoms with Crippen molar-refractivity contribution in [1.82, 2.24) is 0 Å². The second-order valence-corrected chi connectivity index (χ2v) is 19.3. The molecule has 9 atom stereocenters. The van der Waals surface area contributed by atoms with Gasteiger partial charge in [0.1, 0.15) is 6.10 Å². The highest BCUT2D eigenvalue weighted by Crippen LogP contribution is 2.67. The van der Waals surface area contributed by atoms with Crippen LogP contribution in [-0.2, 0) is 9.53 Å². The minimum absolute atomic E-state index is 0.0612. The molecule has 294 valence electrons. The van der Waals surface area contributed by atoms with Gasteiger partial charge in [0.05, 0.1) is 0 Å². The molecular formula is C49H86O2. The van der Waals surface area contributed by atoms with E-state index in [-0.39, 0.29) is 12.1 Å². The van der Waals surface area contributed by atoms with Crippen molar-refractivity contribution in [2.75, 3.05) is 0 Å². The molecule has 0 bridgehead atoms. The number of unbranched alkanes of at least 4 members (excludes halogenated alkanes) is 16. The Balaban J connectivity index is 1.09. The first kappa shape index (κ1) is 42.7. The summed E-state index contributed by atoms with van der Waals surface area (Å²) in [5.41, 5.74) is 2.45. The highest BCUT2D eigenvalue weighted by molar-refractivity contribution is 5.69. The number of fused-ring (bicyclic) bond motifs is 5. The van der Waals surface area contributed by atoms with Gasteiger partial charge in [-0.1, -0.05) is 175 Å². The summed E-state index contributed by atoms with van der Waals surface area (Å²) in [6.07, 6.45) is 43.3. The molecule has 0 heterocycles. The SMILES string of the molecule is CCCCCCCCCCCCCCCCCCCC(=O)O[C@H]1CC[C@@]2(C)C(=CC[C@H]3[C@H]4CC[C@H]([C@H](C)/C=C/[C@@H](CC)C(C)C)[C@@]4(C)CC[C@@H]32)C1. The van der Waals surface area contributed by atoms with E-state index in [1.54, 1.807) is 5.57 Å². The average Bonchev–Trinajstić information content (AvgIpc) is 3.47. The molecule has 4 aliphatic rings. The van der Waals surface area contributed by atoms with E-state index in [9.17, 15) is 4.79 Å². The zero-order chi connectivity index (χ0) is 36.7. The largest absolute Gasteiger partial charge is 0.462 e. The highest BCUT2D eigenvalue weighted by Gasteiger charge is 2.59. The van der Waals surface area contributed by atoms with Crippen molar-refractivity contribution in [3.63, 3.8) is 0 Å². The third-order valence-corrected chi connectivity index (χ3v) is 15.5. The van der Waals surface area contributed by atoms with Gasteiger partial charge in [0.2, 0.25) is 0 Å². The van der Waals surface area contributed by atoms with E-state index >= 15 is 0 Å². The number of hydrogen-bond acceptors (Lipinski definition) is 2. The van der Waals surface area contributed by atoms with Crippen molar-refractivity contribution in [3.05, 3.63) is 23.8 Å². The van der Waals surface area contributed by atoms with E-state index < -0.39 is 0 Å². The maximum atomic E-state index is 12.9. The van der Waals surface area contributed by atoms with Crippen molar-refractivity contribution < 1.29 is 9.53 Å². The normalized spacial score (nSPS) is 31.6. The predicted octanol–water partition coefficient (Wildman–Crippen LogP) is 15.4. The van der Waals surface area contributed by atoms with Crippen LogP contribution in [0, 0.1) is 52.3 Å². The van der Waals surface area contributed by atoms with Gasteiger partial charge in [-0.15, -0.1) is 0 Å². The number of carbonyl (C=O) groups is 1. The highest BCUT2D eigenvalue weighted by atomic mass is 16.5. The monoisotopic (exact) mass is 707 g/mol. The number of allylic oxidation sites excluding steroid dienone is 3. The Morgan fingerprint density at radius 1 is 0.745 bits per heavy atom. The molecule has 0 saturated heterocycles. The Labute approximate surface area is 318 Å². The average molecular weight is 707 g/mol. The van der Waals surface area contributed by atoms with Crippen LogP contribution in [0.1, 0.15) is 222 Å². The Bertz CT molecular complexity index is 1050. The molecule has 4 rings (SSSR count). The second kappa shape index (κ2) is 21.7. The van der Waals surface area contributed by atoms with Crippen molar-refractivity contribution in [1.29, 1.82) is 0 Å². The summed E-state index contributed by atoms with van der Waals surface area (Å²) in [6.45, 7) is 17.2. The van der Waals surface area contributed by atoms with Crippen molar-refractivity contribution in [2.45, 2.75) is 228 Å². The van der Waals surface area contributed by atoms with Crippen LogP contribution >= 0.6 is 0 Å². The lowest BCUT2D eigenvalue weighted by atomic mass is 9.47. The van der Waals surface area contributed by atoms with Crippen LogP contribution in [0.3, 0.4) is 0 Å². The fourth-order valence-corrected chi connectivity index (χ4v) is 12.2. The first-order valence-electron chi connectivity index (χ1n) is 23.2. The minimum Gasteiger partial charge on any atom is -0.462 e. The maximum absolute atomic E-state index is 12.9. The fourth-order valence-electron chi connectivity index (χ4n) is 12.2. The third-order valence-electron chi connectivity index (χ3n) is 15.5. The van der Waals surface area contributed by atoms with E-state index in [4.69, 9.17) is 4.74 Å². The minimum atomic E-state index is 0.0612. The Morgan fingerprint density at radius 3 is 1.90 bits per heavy atom. The van der Waals surface area contributed by atoms with Crippen LogP contribution in [0.4, 0.5) is 0 Å². The van der Waals surface area contributed by atoms with Crippen LogP contribution in [0.15, 0.2) is 23.8 Å². The molecule has 0 N–H and O–H groups in total. The van der Waals surface area contributed by atoms with E-state index in [2.05, 4.69) is 66.7 Å². The fraction of sp³-hybridized carbons (Fsp3) is 0.898. The van der Waals surface area contributed by atoms with E-state index in [0.717, 1.165) is 48.9 Å². The number of carbonyl (C=O) groups excluding carboxylic acids is 1. The van der Waals surface area contributed by atoms with Gasteiger partial charge >= 0.3 is 5.97 Å². The summed E-state index contributed by atoms with van der Waals surface area (Å²) in [4.78, 5) is 12.9. The summed E-state index contributed by atoms with van der Waals surface area (Å²) in [7, 11) is 0. The third kappa shape index (κ3) is 12.0. The van der Waals surface area contributed by atoms with Crippen LogP contribution in [-0.4, -0.2) is 12.1 Å².